The molecule has 3 nitrogen and oxygen atoms in total. The summed E-state index contributed by atoms with van der Waals surface area (Å²) >= 11 is 3.26. The Hall–Kier alpha value is -0.580. The van der Waals surface area contributed by atoms with E-state index in [1.165, 1.54) is 6.07 Å². The summed E-state index contributed by atoms with van der Waals surface area (Å²) in [6.45, 7) is 0.0474. The highest BCUT2D eigenvalue weighted by molar-refractivity contribution is 9.10. The van der Waals surface area contributed by atoms with Crippen LogP contribution < -0.4 is 0 Å². The fourth-order valence-electron chi connectivity index (χ4n) is 1.23. The van der Waals surface area contributed by atoms with Gasteiger partial charge in [0, 0.05) is 16.6 Å². The second-order valence-electron chi connectivity index (χ2n) is 3.08. The van der Waals surface area contributed by atoms with Gasteiger partial charge < -0.3 is 15.3 Å². The smallest absolute Gasteiger partial charge is 0.121 e. The van der Waals surface area contributed by atoms with Crippen LogP contribution in [-0.4, -0.2) is 21.9 Å². The Balaban J connectivity index is 2.77. The Kier molecular flexibility index (Phi) is 4.38. The Bertz CT molecular complexity index is 301. The molecule has 0 aromatic heterocycles. The number of hydrogen-bond donors (Lipinski definition) is 3. The number of aromatic hydroxyl groups is 1. The van der Waals surface area contributed by atoms with E-state index in [4.69, 9.17) is 5.11 Å². The second-order valence-corrected chi connectivity index (χ2v) is 4.00. The highest BCUT2D eigenvalue weighted by atomic mass is 79.9. The van der Waals surface area contributed by atoms with Crippen LogP contribution in [0.2, 0.25) is 0 Å². The highest BCUT2D eigenvalue weighted by Crippen LogP contribution is 2.29. The zero-order valence-electron chi connectivity index (χ0n) is 7.65. The van der Waals surface area contributed by atoms with Crippen LogP contribution >= 0.6 is 15.9 Å². The summed E-state index contributed by atoms with van der Waals surface area (Å²) < 4.78 is 0.813. The number of benzene rings is 1. The first-order valence-corrected chi connectivity index (χ1v) is 5.21. The molecule has 0 aliphatic heterocycles. The molecule has 1 aromatic rings. The van der Waals surface area contributed by atoms with E-state index in [0.29, 0.717) is 18.4 Å². The fourth-order valence-corrected chi connectivity index (χ4v) is 1.61. The van der Waals surface area contributed by atoms with E-state index >= 15 is 0 Å². The molecule has 0 aliphatic rings. The zero-order chi connectivity index (χ0) is 10.6. The van der Waals surface area contributed by atoms with E-state index in [0.717, 1.165) is 4.47 Å². The average Bonchev–Trinajstić information content (AvgIpc) is 2.18. The molecule has 78 valence electrons. The molecule has 3 N–H and O–H groups in total. The van der Waals surface area contributed by atoms with Gasteiger partial charge in [0.1, 0.15) is 5.75 Å². The van der Waals surface area contributed by atoms with Crippen LogP contribution in [-0.2, 0) is 0 Å². The molecular formula is C10H13BrO3. The van der Waals surface area contributed by atoms with Gasteiger partial charge in [-0.3, -0.25) is 0 Å². The maximum absolute atomic E-state index is 9.66. The summed E-state index contributed by atoms with van der Waals surface area (Å²) in [5.41, 5.74) is 0.493. The van der Waals surface area contributed by atoms with Crippen LogP contribution in [0.15, 0.2) is 22.7 Å². The van der Waals surface area contributed by atoms with Crippen molar-refractivity contribution in [3.05, 3.63) is 28.2 Å². The number of hydrogen-bond acceptors (Lipinski definition) is 3. The third kappa shape index (κ3) is 2.97. The van der Waals surface area contributed by atoms with E-state index in [1.54, 1.807) is 12.1 Å². The lowest BCUT2D eigenvalue weighted by Crippen LogP contribution is -1.99. The van der Waals surface area contributed by atoms with Gasteiger partial charge in [0.15, 0.2) is 0 Å². The summed E-state index contributed by atoms with van der Waals surface area (Å²) in [6.07, 6.45) is 0.243. The Morgan fingerprint density at radius 1 is 1.36 bits per heavy atom. The van der Waals surface area contributed by atoms with Crippen LogP contribution in [0.3, 0.4) is 0 Å². The molecule has 0 amide bonds. The predicted octanol–water partition coefficient (Wildman–Crippen LogP) is 1.96. The van der Waals surface area contributed by atoms with Gasteiger partial charge in [-0.1, -0.05) is 15.9 Å². The summed E-state index contributed by atoms with van der Waals surface area (Å²) in [5, 5.41) is 27.7. The number of phenolic OH excluding ortho intramolecular Hbond substituents is 1. The van der Waals surface area contributed by atoms with Crippen LogP contribution in [0, 0.1) is 0 Å². The quantitative estimate of drug-likeness (QED) is 0.776. The minimum Gasteiger partial charge on any atom is -0.508 e. The number of phenols is 1. The molecule has 0 saturated carbocycles. The summed E-state index contributed by atoms with van der Waals surface area (Å²) in [7, 11) is 0. The number of rotatable bonds is 4. The van der Waals surface area contributed by atoms with Gasteiger partial charge in [-0.05, 0) is 31.0 Å². The second kappa shape index (κ2) is 5.34. The molecule has 1 rings (SSSR count). The van der Waals surface area contributed by atoms with Gasteiger partial charge in [0.05, 0.1) is 6.10 Å². The molecule has 1 aromatic carbocycles. The molecule has 1 atom stereocenters. The molecule has 0 aliphatic carbocycles. The van der Waals surface area contributed by atoms with E-state index in [9.17, 15) is 10.2 Å². The molecule has 0 radical (unpaired) electrons. The van der Waals surface area contributed by atoms with Crippen molar-refractivity contribution >= 4 is 15.9 Å². The average molecular weight is 261 g/mol. The maximum Gasteiger partial charge on any atom is 0.121 e. The third-order valence-corrected chi connectivity index (χ3v) is 2.48. The van der Waals surface area contributed by atoms with Gasteiger partial charge in [0.2, 0.25) is 0 Å². The molecule has 0 saturated heterocycles. The Morgan fingerprint density at radius 3 is 2.71 bits per heavy atom. The van der Waals surface area contributed by atoms with Crippen molar-refractivity contribution in [2.24, 2.45) is 0 Å². The fraction of sp³-hybridized carbons (Fsp3) is 0.400. The van der Waals surface area contributed by atoms with Crippen molar-refractivity contribution in [3.8, 4) is 5.75 Å². The standard InChI is InChI=1S/C10H13BrO3/c11-7-3-4-10(14)8(6-7)9(13)2-1-5-12/h3-4,6,9,12-14H,1-2,5H2/t9-/m1/s1. The first-order chi connectivity index (χ1) is 6.65. The van der Waals surface area contributed by atoms with Crippen molar-refractivity contribution < 1.29 is 15.3 Å². The largest absolute Gasteiger partial charge is 0.508 e. The van der Waals surface area contributed by atoms with E-state index in [-0.39, 0.29) is 12.4 Å². The predicted molar refractivity (Wildman–Crippen MR) is 57.1 cm³/mol. The van der Waals surface area contributed by atoms with Gasteiger partial charge in [0.25, 0.3) is 0 Å². The lowest BCUT2D eigenvalue weighted by Gasteiger charge is -2.12. The topological polar surface area (TPSA) is 60.7 Å². The van der Waals surface area contributed by atoms with Crippen molar-refractivity contribution in [2.75, 3.05) is 6.61 Å². The number of aliphatic hydroxyl groups excluding tert-OH is 2. The van der Waals surface area contributed by atoms with Gasteiger partial charge in [-0.15, -0.1) is 0 Å². The van der Waals surface area contributed by atoms with Crippen LogP contribution in [0.5, 0.6) is 5.75 Å². The molecule has 0 heterocycles. The zero-order valence-corrected chi connectivity index (χ0v) is 9.24. The molecule has 0 bridgehead atoms. The lowest BCUT2D eigenvalue weighted by molar-refractivity contribution is 0.148. The molecular weight excluding hydrogens is 248 g/mol. The van der Waals surface area contributed by atoms with E-state index in [1.807, 2.05) is 0 Å². The van der Waals surface area contributed by atoms with E-state index < -0.39 is 6.10 Å². The number of halogens is 1. The Morgan fingerprint density at radius 2 is 2.07 bits per heavy atom. The van der Waals surface area contributed by atoms with Crippen LogP contribution in [0.4, 0.5) is 0 Å². The SMILES string of the molecule is OCCC[C@@H](O)c1cc(Br)ccc1O. The van der Waals surface area contributed by atoms with E-state index in [2.05, 4.69) is 15.9 Å². The minimum atomic E-state index is -0.723. The van der Waals surface area contributed by atoms with Crippen molar-refractivity contribution in [2.45, 2.75) is 18.9 Å². The van der Waals surface area contributed by atoms with Crippen molar-refractivity contribution in [1.29, 1.82) is 0 Å². The van der Waals surface area contributed by atoms with Gasteiger partial charge in [-0.2, -0.15) is 0 Å². The highest BCUT2D eigenvalue weighted by Gasteiger charge is 2.11. The molecule has 0 fully saturated rings. The van der Waals surface area contributed by atoms with Gasteiger partial charge in [-0.25, -0.2) is 0 Å². The maximum atomic E-state index is 9.66. The van der Waals surface area contributed by atoms with Crippen LogP contribution in [0.1, 0.15) is 24.5 Å². The number of aliphatic hydroxyl groups is 2. The van der Waals surface area contributed by atoms with Crippen molar-refractivity contribution in [3.63, 3.8) is 0 Å². The van der Waals surface area contributed by atoms with Gasteiger partial charge >= 0.3 is 0 Å². The first-order valence-electron chi connectivity index (χ1n) is 4.42. The monoisotopic (exact) mass is 260 g/mol. The lowest BCUT2D eigenvalue weighted by atomic mass is 10.0. The summed E-state index contributed by atoms with van der Waals surface area (Å²) in [6, 6.07) is 4.91. The minimum absolute atomic E-state index is 0.0474. The van der Waals surface area contributed by atoms with Crippen LogP contribution in [0.25, 0.3) is 0 Å². The molecule has 0 spiro atoms. The molecule has 14 heavy (non-hydrogen) atoms. The van der Waals surface area contributed by atoms with Crippen molar-refractivity contribution in [1.82, 2.24) is 0 Å². The summed E-state index contributed by atoms with van der Waals surface area (Å²) in [5.74, 6) is 0.0821. The normalized spacial score (nSPS) is 12.8. The first kappa shape index (κ1) is 11.5. The third-order valence-electron chi connectivity index (χ3n) is 1.98. The summed E-state index contributed by atoms with van der Waals surface area (Å²) in [4.78, 5) is 0. The Labute approximate surface area is 91.1 Å². The molecule has 4 heteroatoms. The molecule has 0 unspecified atom stereocenters.